The van der Waals surface area contributed by atoms with Crippen molar-refractivity contribution in [3.8, 4) is 11.1 Å². The first kappa shape index (κ1) is 11.7. The van der Waals surface area contributed by atoms with E-state index in [2.05, 4.69) is 63.2 Å². The molecule has 0 aromatic heterocycles. The van der Waals surface area contributed by atoms with Crippen LogP contribution in [0.2, 0.25) is 0 Å². The maximum atomic E-state index is 2.33. The SMILES string of the molecule is Cc1cc(C)c2c(c1C)Cc1c-2ccc2ccccc12. The van der Waals surface area contributed by atoms with Crippen molar-refractivity contribution in [2.24, 2.45) is 0 Å². The first-order valence-electron chi connectivity index (χ1n) is 7.27. The molecule has 1 aliphatic carbocycles. The van der Waals surface area contributed by atoms with Crippen LogP contribution in [-0.2, 0) is 6.42 Å². The summed E-state index contributed by atoms with van der Waals surface area (Å²) < 4.78 is 0. The van der Waals surface area contributed by atoms with Crippen LogP contribution in [0.4, 0.5) is 0 Å². The van der Waals surface area contributed by atoms with E-state index in [1.54, 1.807) is 0 Å². The van der Waals surface area contributed by atoms with Gasteiger partial charge in [0.2, 0.25) is 0 Å². The zero-order valence-corrected chi connectivity index (χ0v) is 12.2. The molecule has 3 aromatic rings. The van der Waals surface area contributed by atoms with Gasteiger partial charge in [-0.25, -0.2) is 0 Å². The average Bonchev–Trinajstić information content (AvgIpc) is 2.85. The van der Waals surface area contributed by atoms with E-state index in [0.717, 1.165) is 6.42 Å². The van der Waals surface area contributed by atoms with Crippen LogP contribution in [0, 0.1) is 20.8 Å². The molecule has 4 rings (SSSR count). The molecule has 98 valence electrons. The molecule has 0 amide bonds. The summed E-state index contributed by atoms with van der Waals surface area (Å²) in [6.07, 6.45) is 1.08. The van der Waals surface area contributed by atoms with Gasteiger partial charge in [-0.1, -0.05) is 42.5 Å². The maximum Gasteiger partial charge on any atom is -0.000445 e. The highest BCUT2D eigenvalue weighted by Crippen LogP contribution is 2.44. The van der Waals surface area contributed by atoms with Crippen LogP contribution in [0.5, 0.6) is 0 Å². The Morgan fingerprint density at radius 1 is 0.800 bits per heavy atom. The Bertz CT molecular complexity index is 854. The summed E-state index contributed by atoms with van der Waals surface area (Å²) in [5.74, 6) is 0. The Kier molecular flexibility index (Phi) is 2.32. The van der Waals surface area contributed by atoms with Gasteiger partial charge < -0.3 is 0 Å². The third-order valence-electron chi connectivity index (χ3n) is 4.84. The van der Waals surface area contributed by atoms with Crippen LogP contribution in [0.3, 0.4) is 0 Å². The van der Waals surface area contributed by atoms with Crippen molar-refractivity contribution in [3.05, 3.63) is 70.3 Å². The minimum absolute atomic E-state index is 1.08. The second-order valence-corrected chi connectivity index (χ2v) is 5.98. The summed E-state index contributed by atoms with van der Waals surface area (Å²) in [5, 5.41) is 2.77. The summed E-state index contributed by atoms with van der Waals surface area (Å²) in [5.41, 5.74) is 10.3. The summed E-state index contributed by atoms with van der Waals surface area (Å²) in [4.78, 5) is 0. The van der Waals surface area contributed by atoms with Crippen molar-refractivity contribution in [3.63, 3.8) is 0 Å². The molecule has 0 saturated heterocycles. The summed E-state index contributed by atoms with van der Waals surface area (Å²) >= 11 is 0. The van der Waals surface area contributed by atoms with E-state index >= 15 is 0 Å². The molecule has 0 heterocycles. The van der Waals surface area contributed by atoms with Crippen molar-refractivity contribution in [1.29, 1.82) is 0 Å². The van der Waals surface area contributed by atoms with Crippen molar-refractivity contribution < 1.29 is 0 Å². The molecule has 0 atom stereocenters. The summed E-state index contributed by atoms with van der Waals surface area (Å²) in [6, 6.07) is 15.6. The fraction of sp³-hybridized carbons (Fsp3) is 0.200. The van der Waals surface area contributed by atoms with E-state index in [4.69, 9.17) is 0 Å². The van der Waals surface area contributed by atoms with Crippen molar-refractivity contribution in [2.45, 2.75) is 27.2 Å². The van der Waals surface area contributed by atoms with Gasteiger partial charge in [-0.05, 0) is 76.9 Å². The number of hydrogen-bond acceptors (Lipinski definition) is 0. The maximum absolute atomic E-state index is 2.33. The Morgan fingerprint density at radius 2 is 1.60 bits per heavy atom. The number of benzene rings is 3. The van der Waals surface area contributed by atoms with E-state index in [1.807, 2.05) is 0 Å². The van der Waals surface area contributed by atoms with Crippen molar-refractivity contribution >= 4 is 10.8 Å². The molecule has 0 bridgehead atoms. The number of hydrogen-bond donors (Lipinski definition) is 0. The molecule has 0 spiro atoms. The molecule has 0 N–H and O–H groups in total. The van der Waals surface area contributed by atoms with Crippen LogP contribution in [0.1, 0.15) is 27.8 Å². The molecule has 0 fully saturated rings. The van der Waals surface area contributed by atoms with Crippen LogP contribution in [-0.4, -0.2) is 0 Å². The summed E-state index contributed by atoms with van der Waals surface area (Å²) in [6.45, 7) is 6.74. The molecule has 1 aliphatic rings. The number of aryl methyl sites for hydroxylation is 2. The molecule has 3 aromatic carbocycles. The van der Waals surface area contributed by atoms with E-state index < -0.39 is 0 Å². The lowest BCUT2D eigenvalue weighted by Crippen LogP contribution is -1.93. The first-order valence-corrected chi connectivity index (χ1v) is 7.27. The monoisotopic (exact) mass is 258 g/mol. The van der Waals surface area contributed by atoms with Crippen LogP contribution in [0.15, 0.2) is 42.5 Å². The molecule has 0 unspecified atom stereocenters. The molecule has 0 radical (unpaired) electrons. The molecule has 0 heteroatoms. The van der Waals surface area contributed by atoms with Crippen molar-refractivity contribution in [2.75, 3.05) is 0 Å². The fourth-order valence-electron chi connectivity index (χ4n) is 3.70. The average molecular weight is 258 g/mol. The van der Waals surface area contributed by atoms with E-state index in [-0.39, 0.29) is 0 Å². The molecular formula is C20H18. The zero-order valence-electron chi connectivity index (χ0n) is 12.2. The Morgan fingerprint density at radius 3 is 2.45 bits per heavy atom. The predicted octanol–water partition coefficient (Wildman–Crippen LogP) is 5.34. The molecular weight excluding hydrogens is 240 g/mol. The second-order valence-electron chi connectivity index (χ2n) is 5.98. The highest BCUT2D eigenvalue weighted by molar-refractivity contribution is 5.96. The van der Waals surface area contributed by atoms with Gasteiger partial charge in [-0.15, -0.1) is 0 Å². The van der Waals surface area contributed by atoms with Gasteiger partial charge in [0.05, 0.1) is 0 Å². The highest BCUT2D eigenvalue weighted by atomic mass is 14.3. The molecule has 20 heavy (non-hydrogen) atoms. The van der Waals surface area contributed by atoms with Gasteiger partial charge in [0.15, 0.2) is 0 Å². The van der Waals surface area contributed by atoms with Crippen LogP contribution < -0.4 is 0 Å². The largest absolute Gasteiger partial charge is 0.0616 e. The topological polar surface area (TPSA) is 0 Å². The van der Waals surface area contributed by atoms with Gasteiger partial charge in [0, 0.05) is 0 Å². The van der Waals surface area contributed by atoms with Crippen LogP contribution in [0.25, 0.3) is 21.9 Å². The third-order valence-corrected chi connectivity index (χ3v) is 4.84. The molecule has 0 nitrogen and oxygen atoms in total. The lowest BCUT2D eigenvalue weighted by Gasteiger charge is -2.11. The van der Waals surface area contributed by atoms with E-state index in [1.165, 1.54) is 49.7 Å². The third kappa shape index (κ3) is 1.42. The zero-order chi connectivity index (χ0) is 13.9. The Hall–Kier alpha value is -2.08. The van der Waals surface area contributed by atoms with Gasteiger partial charge >= 0.3 is 0 Å². The molecule has 0 aliphatic heterocycles. The van der Waals surface area contributed by atoms with Crippen molar-refractivity contribution in [1.82, 2.24) is 0 Å². The lowest BCUT2D eigenvalue weighted by atomic mass is 9.93. The minimum Gasteiger partial charge on any atom is -0.0616 e. The first-order chi connectivity index (χ1) is 9.66. The normalized spacial score (nSPS) is 12.6. The van der Waals surface area contributed by atoms with E-state index in [9.17, 15) is 0 Å². The molecule has 0 saturated carbocycles. The fourth-order valence-corrected chi connectivity index (χ4v) is 3.70. The van der Waals surface area contributed by atoms with E-state index in [0.29, 0.717) is 0 Å². The summed E-state index contributed by atoms with van der Waals surface area (Å²) in [7, 11) is 0. The van der Waals surface area contributed by atoms with Gasteiger partial charge in [-0.2, -0.15) is 0 Å². The number of fused-ring (bicyclic) bond motifs is 5. The van der Waals surface area contributed by atoms with Crippen LogP contribution >= 0.6 is 0 Å². The second kappa shape index (κ2) is 3.96. The van der Waals surface area contributed by atoms with Gasteiger partial charge in [0.25, 0.3) is 0 Å². The Balaban J connectivity index is 2.11. The minimum atomic E-state index is 1.08. The smallest absolute Gasteiger partial charge is 0.000445 e. The number of rotatable bonds is 0. The van der Waals surface area contributed by atoms with Gasteiger partial charge in [-0.3, -0.25) is 0 Å². The van der Waals surface area contributed by atoms with Gasteiger partial charge in [0.1, 0.15) is 0 Å². The Labute approximate surface area is 120 Å². The standard InChI is InChI=1S/C20H18/c1-12-10-13(2)20-17-9-8-15-6-4-5-7-16(15)19(17)11-18(20)14(12)3/h4-10H,11H2,1-3H3. The lowest BCUT2D eigenvalue weighted by molar-refractivity contribution is 1.18. The quantitative estimate of drug-likeness (QED) is 0.399. The predicted molar refractivity (Wildman–Crippen MR) is 86.4 cm³/mol. The highest BCUT2D eigenvalue weighted by Gasteiger charge is 2.24.